The van der Waals surface area contributed by atoms with E-state index in [0.717, 1.165) is 28.5 Å². The van der Waals surface area contributed by atoms with Crippen LogP contribution in [0.3, 0.4) is 0 Å². The average molecular weight is 258 g/mol. The molecule has 1 fully saturated rings. The van der Waals surface area contributed by atoms with E-state index in [1.54, 1.807) is 11.3 Å². The van der Waals surface area contributed by atoms with Gasteiger partial charge in [0.05, 0.1) is 23.2 Å². The maximum absolute atomic E-state index is 11.5. The first kappa shape index (κ1) is 10.7. The highest BCUT2D eigenvalue weighted by molar-refractivity contribution is 7.90. The van der Waals surface area contributed by atoms with Crippen LogP contribution in [0.25, 0.3) is 0 Å². The van der Waals surface area contributed by atoms with Crippen molar-refractivity contribution in [1.82, 2.24) is 10.3 Å². The van der Waals surface area contributed by atoms with Crippen LogP contribution in [0, 0.1) is 0 Å². The number of fused-ring (bicyclic) bond motifs is 1. The molecule has 1 saturated heterocycles. The van der Waals surface area contributed by atoms with Crippen molar-refractivity contribution in [2.24, 2.45) is 0 Å². The normalized spacial score (nSPS) is 27.9. The minimum atomic E-state index is -2.86. The van der Waals surface area contributed by atoms with Gasteiger partial charge in [0, 0.05) is 11.3 Å². The number of thiazole rings is 1. The summed E-state index contributed by atoms with van der Waals surface area (Å²) in [6.45, 7) is 1.05. The number of sulfone groups is 1. The summed E-state index contributed by atoms with van der Waals surface area (Å²) in [6, 6.07) is 0.360. The molecule has 88 valence electrons. The number of hydrogen-bond donors (Lipinski definition) is 1. The maximum Gasteiger partial charge on any atom is 0.155 e. The summed E-state index contributed by atoms with van der Waals surface area (Å²) in [5.74, 6) is 0.466. The lowest BCUT2D eigenvalue weighted by atomic mass is 10.2. The second-order valence-electron chi connectivity index (χ2n) is 4.41. The molecule has 1 unspecified atom stereocenters. The Morgan fingerprint density at radius 3 is 3.06 bits per heavy atom. The molecule has 2 aliphatic heterocycles. The maximum atomic E-state index is 11.5. The van der Waals surface area contributed by atoms with Gasteiger partial charge >= 0.3 is 0 Å². The highest BCUT2D eigenvalue weighted by Crippen LogP contribution is 2.32. The van der Waals surface area contributed by atoms with Crippen LogP contribution >= 0.6 is 11.3 Å². The number of hydrogen-bond acceptors (Lipinski definition) is 5. The summed E-state index contributed by atoms with van der Waals surface area (Å²) in [7, 11) is -2.86. The molecule has 3 heterocycles. The van der Waals surface area contributed by atoms with E-state index in [1.807, 2.05) is 0 Å². The fraction of sp³-hybridized carbons (Fsp3) is 0.700. The number of nitrogens with one attached hydrogen (secondary N) is 1. The number of nitrogens with zero attached hydrogens (tertiary/aromatic N) is 1. The summed E-state index contributed by atoms with van der Waals surface area (Å²) in [6.07, 6.45) is 2.91. The lowest BCUT2D eigenvalue weighted by Crippen LogP contribution is -2.17. The average Bonchev–Trinajstić information content (AvgIpc) is 2.81. The topological polar surface area (TPSA) is 59.1 Å². The van der Waals surface area contributed by atoms with Crippen LogP contribution in [-0.4, -0.2) is 25.7 Å². The molecule has 1 aromatic heterocycles. The molecule has 3 rings (SSSR count). The van der Waals surface area contributed by atoms with Gasteiger partial charge < -0.3 is 5.32 Å². The predicted molar refractivity (Wildman–Crippen MR) is 63.3 cm³/mol. The van der Waals surface area contributed by atoms with Gasteiger partial charge in [0.25, 0.3) is 0 Å². The lowest BCUT2D eigenvalue weighted by molar-refractivity contribution is 0.591. The van der Waals surface area contributed by atoms with Crippen LogP contribution < -0.4 is 5.32 Å². The Hall–Kier alpha value is -0.460. The molecule has 2 aliphatic rings. The third kappa shape index (κ3) is 1.89. The van der Waals surface area contributed by atoms with E-state index in [2.05, 4.69) is 10.3 Å². The Kier molecular flexibility index (Phi) is 2.53. The highest BCUT2D eigenvalue weighted by atomic mass is 32.2. The van der Waals surface area contributed by atoms with Crippen LogP contribution in [0.4, 0.5) is 0 Å². The first-order valence-corrected chi connectivity index (χ1v) is 8.20. The zero-order valence-corrected chi connectivity index (χ0v) is 10.5. The van der Waals surface area contributed by atoms with Crippen molar-refractivity contribution in [3.63, 3.8) is 0 Å². The minimum absolute atomic E-state index is 0.201. The molecule has 16 heavy (non-hydrogen) atoms. The van der Waals surface area contributed by atoms with Gasteiger partial charge in [-0.2, -0.15) is 0 Å². The smallest absolute Gasteiger partial charge is 0.155 e. The molecule has 0 aliphatic carbocycles. The van der Waals surface area contributed by atoms with Gasteiger partial charge in [-0.3, -0.25) is 0 Å². The van der Waals surface area contributed by atoms with E-state index in [1.165, 1.54) is 6.42 Å². The molecule has 0 radical (unpaired) electrons. The van der Waals surface area contributed by atoms with Gasteiger partial charge in [-0.25, -0.2) is 13.4 Å². The fourth-order valence-corrected chi connectivity index (χ4v) is 5.29. The lowest BCUT2D eigenvalue weighted by Gasteiger charge is -2.09. The number of rotatable bonds is 1. The second-order valence-corrected chi connectivity index (χ2v) is 7.71. The van der Waals surface area contributed by atoms with Crippen LogP contribution in [0.1, 0.15) is 34.5 Å². The van der Waals surface area contributed by atoms with Crippen molar-refractivity contribution in [3.05, 3.63) is 15.6 Å². The van der Waals surface area contributed by atoms with E-state index in [0.29, 0.717) is 12.5 Å². The molecule has 0 bridgehead atoms. The van der Waals surface area contributed by atoms with Crippen LogP contribution in [0.5, 0.6) is 0 Å². The van der Waals surface area contributed by atoms with E-state index in [4.69, 9.17) is 0 Å². The molecule has 0 spiro atoms. The van der Waals surface area contributed by atoms with Gasteiger partial charge in [0.15, 0.2) is 9.84 Å². The summed E-state index contributed by atoms with van der Waals surface area (Å²) < 4.78 is 23.0. The minimum Gasteiger partial charge on any atom is -0.308 e. The summed E-state index contributed by atoms with van der Waals surface area (Å²) >= 11 is 1.58. The van der Waals surface area contributed by atoms with Crippen LogP contribution in [0.2, 0.25) is 0 Å². The largest absolute Gasteiger partial charge is 0.308 e. The Morgan fingerprint density at radius 2 is 2.31 bits per heavy atom. The number of aryl methyl sites for hydroxylation is 1. The standard InChI is InChI=1S/C10H14N2O2S2/c13-16(14)5-3-7-9(6-16)15-10(12-7)8-2-1-4-11-8/h8,11H,1-6H2. The van der Waals surface area contributed by atoms with Gasteiger partial charge in [-0.15, -0.1) is 11.3 Å². The van der Waals surface area contributed by atoms with Gasteiger partial charge in [0.2, 0.25) is 0 Å². The SMILES string of the molecule is O=S1(=O)CCc2nc(C3CCCN3)sc2C1. The molecule has 1 atom stereocenters. The third-order valence-electron chi connectivity index (χ3n) is 3.15. The molecule has 1 aromatic rings. The zero-order valence-electron chi connectivity index (χ0n) is 8.90. The monoisotopic (exact) mass is 258 g/mol. The van der Waals surface area contributed by atoms with E-state index in [9.17, 15) is 8.42 Å². The van der Waals surface area contributed by atoms with Gasteiger partial charge in [-0.1, -0.05) is 0 Å². The Bertz CT molecular complexity index is 501. The quantitative estimate of drug-likeness (QED) is 0.817. The van der Waals surface area contributed by atoms with Crippen molar-refractivity contribution in [2.45, 2.75) is 31.1 Å². The third-order valence-corrected chi connectivity index (χ3v) is 6.10. The Morgan fingerprint density at radius 1 is 1.44 bits per heavy atom. The first-order valence-electron chi connectivity index (χ1n) is 5.56. The van der Waals surface area contributed by atoms with Crippen molar-refractivity contribution in [2.75, 3.05) is 12.3 Å². The first-order chi connectivity index (χ1) is 7.64. The van der Waals surface area contributed by atoms with Crippen molar-refractivity contribution in [1.29, 1.82) is 0 Å². The summed E-state index contributed by atoms with van der Waals surface area (Å²) in [5, 5.41) is 4.48. The van der Waals surface area contributed by atoms with Crippen molar-refractivity contribution in [3.8, 4) is 0 Å². The van der Waals surface area contributed by atoms with E-state index in [-0.39, 0.29) is 11.5 Å². The predicted octanol–water partition coefficient (Wildman–Crippen LogP) is 1.04. The van der Waals surface area contributed by atoms with Crippen LogP contribution in [-0.2, 0) is 22.0 Å². The van der Waals surface area contributed by atoms with Crippen molar-refractivity contribution < 1.29 is 8.42 Å². The van der Waals surface area contributed by atoms with Crippen LogP contribution in [0.15, 0.2) is 0 Å². The van der Waals surface area contributed by atoms with E-state index < -0.39 is 9.84 Å². The molecule has 0 aromatic carbocycles. The molecule has 0 saturated carbocycles. The Balaban J connectivity index is 1.92. The molecule has 1 N–H and O–H groups in total. The molecular formula is C10H14N2O2S2. The molecule has 4 nitrogen and oxygen atoms in total. The second kappa shape index (κ2) is 3.78. The molecular weight excluding hydrogens is 244 g/mol. The van der Waals surface area contributed by atoms with Gasteiger partial charge in [0.1, 0.15) is 5.01 Å². The molecule has 0 amide bonds. The van der Waals surface area contributed by atoms with E-state index >= 15 is 0 Å². The van der Waals surface area contributed by atoms with Gasteiger partial charge in [-0.05, 0) is 19.4 Å². The summed E-state index contributed by atoms with van der Waals surface area (Å²) in [4.78, 5) is 5.56. The Labute approximate surface area is 99.0 Å². The fourth-order valence-electron chi connectivity index (χ4n) is 2.28. The summed E-state index contributed by atoms with van der Waals surface area (Å²) in [5.41, 5.74) is 1.02. The highest BCUT2D eigenvalue weighted by Gasteiger charge is 2.28. The van der Waals surface area contributed by atoms with Crippen molar-refractivity contribution >= 4 is 21.2 Å². The number of aromatic nitrogens is 1. The zero-order chi connectivity index (χ0) is 11.2. The molecule has 6 heteroatoms.